The second-order valence-corrected chi connectivity index (χ2v) is 11.4. The molecule has 0 saturated heterocycles. The summed E-state index contributed by atoms with van der Waals surface area (Å²) in [4.78, 5) is 24.2. The van der Waals surface area contributed by atoms with E-state index in [0.29, 0.717) is 44.2 Å². The second kappa shape index (κ2) is 21.8. The summed E-state index contributed by atoms with van der Waals surface area (Å²) < 4.78 is 45.8. The summed E-state index contributed by atoms with van der Waals surface area (Å²) in [6.07, 6.45) is -1.31. The van der Waals surface area contributed by atoms with Crippen molar-refractivity contribution in [3.05, 3.63) is 71.8 Å². The van der Waals surface area contributed by atoms with E-state index in [9.17, 15) is 9.59 Å². The van der Waals surface area contributed by atoms with Gasteiger partial charge >= 0.3 is 11.9 Å². The summed E-state index contributed by atoms with van der Waals surface area (Å²) in [5, 5.41) is 0. The zero-order chi connectivity index (χ0) is 33.0. The molecule has 0 heterocycles. The average Bonchev–Trinajstić information content (AvgIpc) is 3.05. The Morgan fingerprint density at radius 2 is 0.711 bits per heavy atom. The standard InChI is InChI=1S/C35H52O10/c1-25(39-20-27(3)41-22-29(5)43-24-31(7)45-35(37)33-16-12-9-13-17-33)18-38-26(2)19-40-28(4)21-42-30(6)23-44-34(36)32-14-10-8-11-15-32/h8-17,25-31H,18-24H2,1-7H3. The predicted molar refractivity (Wildman–Crippen MR) is 171 cm³/mol. The van der Waals surface area contributed by atoms with Crippen LogP contribution in [-0.2, 0) is 37.9 Å². The van der Waals surface area contributed by atoms with Gasteiger partial charge in [-0.1, -0.05) is 36.4 Å². The van der Waals surface area contributed by atoms with Gasteiger partial charge < -0.3 is 37.9 Å². The number of hydrogen-bond donors (Lipinski definition) is 0. The molecule has 0 fully saturated rings. The van der Waals surface area contributed by atoms with Crippen molar-refractivity contribution in [3.8, 4) is 0 Å². The van der Waals surface area contributed by atoms with Gasteiger partial charge in [0.15, 0.2) is 0 Å². The number of hydrogen-bond acceptors (Lipinski definition) is 10. The van der Waals surface area contributed by atoms with E-state index in [1.807, 2.05) is 53.7 Å². The molecule has 2 rings (SSSR count). The van der Waals surface area contributed by atoms with Crippen molar-refractivity contribution in [1.29, 1.82) is 0 Å². The van der Waals surface area contributed by atoms with Crippen molar-refractivity contribution in [2.45, 2.75) is 91.2 Å². The highest BCUT2D eigenvalue weighted by Gasteiger charge is 2.16. The van der Waals surface area contributed by atoms with Crippen LogP contribution in [0.4, 0.5) is 0 Å². The largest absolute Gasteiger partial charge is 0.459 e. The highest BCUT2D eigenvalue weighted by Crippen LogP contribution is 2.08. The Labute approximate surface area is 268 Å². The van der Waals surface area contributed by atoms with E-state index >= 15 is 0 Å². The molecule has 2 aromatic carbocycles. The molecule has 0 amide bonds. The molecule has 252 valence electrons. The number of ether oxygens (including phenoxy) is 8. The molecule has 45 heavy (non-hydrogen) atoms. The minimum Gasteiger partial charge on any atom is -0.459 e. The molecule has 0 aliphatic heterocycles. The number of esters is 2. The third-order valence-electron chi connectivity index (χ3n) is 6.47. The van der Waals surface area contributed by atoms with E-state index in [1.165, 1.54) is 0 Å². The highest BCUT2D eigenvalue weighted by molar-refractivity contribution is 5.89. The van der Waals surface area contributed by atoms with E-state index in [0.717, 1.165) is 0 Å². The van der Waals surface area contributed by atoms with Gasteiger partial charge in [-0.3, -0.25) is 0 Å². The fourth-order valence-electron chi connectivity index (χ4n) is 3.80. The zero-order valence-corrected chi connectivity index (χ0v) is 27.8. The number of carbonyl (C=O) groups is 2. The van der Waals surface area contributed by atoms with Crippen molar-refractivity contribution in [1.82, 2.24) is 0 Å². The van der Waals surface area contributed by atoms with Gasteiger partial charge in [-0.25, -0.2) is 9.59 Å². The van der Waals surface area contributed by atoms with Crippen LogP contribution in [0.5, 0.6) is 0 Å². The molecule has 0 aliphatic rings. The molecular weight excluding hydrogens is 580 g/mol. The summed E-state index contributed by atoms with van der Waals surface area (Å²) in [7, 11) is 0. The van der Waals surface area contributed by atoms with Crippen molar-refractivity contribution in [2.75, 3.05) is 46.2 Å². The first-order valence-electron chi connectivity index (χ1n) is 15.7. The molecule has 0 saturated carbocycles. The van der Waals surface area contributed by atoms with Crippen molar-refractivity contribution in [2.24, 2.45) is 0 Å². The first-order valence-corrected chi connectivity index (χ1v) is 15.7. The number of benzene rings is 2. The van der Waals surface area contributed by atoms with Crippen LogP contribution in [0.15, 0.2) is 60.7 Å². The van der Waals surface area contributed by atoms with Gasteiger partial charge in [-0.05, 0) is 72.7 Å². The lowest BCUT2D eigenvalue weighted by atomic mass is 10.2. The van der Waals surface area contributed by atoms with E-state index in [4.69, 9.17) is 37.9 Å². The van der Waals surface area contributed by atoms with Gasteiger partial charge in [0.25, 0.3) is 0 Å². The van der Waals surface area contributed by atoms with Crippen molar-refractivity contribution in [3.63, 3.8) is 0 Å². The fraction of sp³-hybridized carbons (Fsp3) is 0.600. The summed E-state index contributed by atoms with van der Waals surface area (Å²) in [5.41, 5.74) is 1.03. The van der Waals surface area contributed by atoms with E-state index in [2.05, 4.69) is 0 Å². The second-order valence-electron chi connectivity index (χ2n) is 11.4. The summed E-state index contributed by atoms with van der Waals surface area (Å²) in [6.45, 7) is 15.8. The average molecular weight is 633 g/mol. The molecule has 0 aromatic heterocycles. The molecule has 10 heteroatoms. The Hall–Kier alpha value is -2.86. The summed E-state index contributed by atoms with van der Waals surface area (Å²) in [5.74, 6) is -0.735. The van der Waals surface area contributed by atoms with Gasteiger partial charge in [0, 0.05) is 0 Å². The maximum Gasteiger partial charge on any atom is 0.338 e. The number of rotatable bonds is 23. The molecular formula is C35H52O10. The lowest BCUT2D eigenvalue weighted by molar-refractivity contribution is -0.105. The summed E-state index contributed by atoms with van der Waals surface area (Å²) >= 11 is 0. The molecule has 0 radical (unpaired) electrons. The fourth-order valence-corrected chi connectivity index (χ4v) is 3.80. The molecule has 0 aliphatic carbocycles. The first-order chi connectivity index (χ1) is 21.5. The molecule has 2 aromatic rings. The quantitative estimate of drug-likeness (QED) is 0.145. The lowest BCUT2D eigenvalue weighted by Gasteiger charge is -2.23. The van der Waals surface area contributed by atoms with Crippen LogP contribution in [0.25, 0.3) is 0 Å². The molecule has 0 N–H and O–H groups in total. The van der Waals surface area contributed by atoms with Crippen molar-refractivity contribution >= 4 is 11.9 Å². The van der Waals surface area contributed by atoms with Crippen LogP contribution in [-0.4, -0.2) is 101 Å². The van der Waals surface area contributed by atoms with E-state index in [1.54, 1.807) is 55.5 Å². The van der Waals surface area contributed by atoms with Crippen molar-refractivity contribution < 1.29 is 47.5 Å². The first kappa shape index (κ1) is 38.3. The van der Waals surface area contributed by atoms with Gasteiger partial charge in [-0.15, -0.1) is 0 Å². The predicted octanol–water partition coefficient (Wildman–Crippen LogP) is 5.52. The monoisotopic (exact) mass is 632 g/mol. The maximum absolute atomic E-state index is 12.1. The minimum atomic E-state index is -0.377. The Balaban J connectivity index is 1.48. The smallest absolute Gasteiger partial charge is 0.338 e. The Bertz CT molecular complexity index is 1070. The molecule has 10 nitrogen and oxygen atoms in total. The normalized spacial score (nSPS) is 16.2. The van der Waals surface area contributed by atoms with E-state index < -0.39 is 0 Å². The van der Waals surface area contributed by atoms with Crippen LogP contribution < -0.4 is 0 Å². The summed E-state index contributed by atoms with van der Waals surface area (Å²) in [6, 6.07) is 17.8. The van der Waals surface area contributed by atoms with Crippen LogP contribution in [0.1, 0.15) is 69.2 Å². The lowest BCUT2D eigenvalue weighted by Crippen LogP contribution is -2.30. The number of carbonyl (C=O) groups excluding carboxylic acids is 2. The van der Waals surface area contributed by atoms with Crippen LogP contribution in [0.3, 0.4) is 0 Å². The Morgan fingerprint density at radius 1 is 0.422 bits per heavy atom. The Kier molecular flexibility index (Phi) is 18.6. The maximum atomic E-state index is 12.1. The van der Waals surface area contributed by atoms with Gasteiger partial charge in [0.2, 0.25) is 0 Å². The molecule has 7 atom stereocenters. The van der Waals surface area contributed by atoms with Crippen LogP contribution >= 0.6 is 0 Å². The molecule has 0 spiro atoms. The van der Waals surface area contributed by atoms with Crippen LogP contribution in [0, 0.1) is 0 Å². The van der Waals surface area contributed by atoms with Crippen LogP contribution in [0.2, 0.25) is 0 Å². The highest BCUT2D eigenvalue weighted by atomic mass is 16.6. The van der Waals surface area contributed by atoms with Gasteiger partial charge in [0.05, 0.1) is 87.4 Å². The third-order valence-corrected chi connectivity index (χ3v) is 6.47. The topological polar surface area (TPSA) is 108 Å². The Morgan fingerprint density at radius 3 is 1.07 bits per heavy atom. The minimum absolute atomic E-state index is 0.118. The zero-order valence-electron chi connectivity index (χ0n) is 27.8. The molecule has 7 unspecified atom stereocenters. The SMILES string of the molecule is CC(COC(=O)c1ccccc1)OCC(C)OCC(C)OCC(C)OCC(C)OCC(C)OCC(C)OC(=O)c1ccccc1. The van der Waals surface area contributed by atoms with E-state index in [-0.39, 0.29) is 67.9 Å². The molecule has 0 bridgehead atoms. The third kappa shape index (κ3) is 17.4. The van der Waals surface area contributed by atoms with Gasteiger partial charge in [0.1, 0.15) is 12.7 Å². The van der Waals surface area contributed by atoms with Gasteiger partial charge in [-0.2, -0.15) is 0 Å².